The molecule has 0 bridgehead atoms. The lowest BCUT2D eigenvalue weighted by atomic mass is 11.0. The van der Waals surface area contributed by atoms with Crippen LogP contribution in [0.1, 0.15) is 6.92 Å². The van der Waals surface area contributed by atoms with Gasteiger partial charge in [-0.1, -0.05) is 6.92 Å². The highest BCUT2D eigenvalue weighted by atomic mass is 32.2. The summed E-state index contributed by atoms with van der Waals surface area (Å²) in [7, 11) is -0.180. The average Bonchev–Trinajstić information content (AvgIpc) is 2.05. The molecule has 0 saturated heterocycles. The maximum absolute atomic E-state index is 11.3. The second kappa shape index (κ2) is 5.84. The van der Waals surface area contributed by atoms with Crippen LogP contribution in [0.4, 0.5) is 0 Å². The Morgan fingerprint density at radius 3 is 2.36 bits per heavy atom. The van der Waals surface area contributed by atoms with Crippen molar-refractivity contribution in [1.29, 1.82) is 0 Å². The monoisotopic (exact) mass is 196 g/mol. The lowest BCUT2D eigenvalue weighted by Gasteiger charge is -2.06. The fraction of sp³-hybridized carbons (Fsp3) is 0.667. The zero-order valence-electron chi connectivity index (χ0n) is 6.94. The lowest BCUT2D eigenvalue weighted by Crippen LogP contribution is -1.82. The van der Waals surface area contributed by atoms with Gasteiger partial charge in [-0.05, 0) is 11.2 Å². The third kappa shape index (κ3) is 4.64. The Balaban J connectivity index is 3.97. The maximum atomic E-state index is 11.3. The topological polar surface area (TPSA) is 35.5 Å². The van der Waals surface area contributed by atoms with E-state index >= 15 is 0 Å². The van der Waals surface area contributed by atoms with Crippen molar-refractivity contribution in [1.82, 2.24) is 0 Å². The van der Waals surface area contributed by atoms with Crippen molar-refractivity contribution in [2.45, 2.75) is 6.92 Å². The van der Waals surface area contributed by atoms with E-state index in [0.29, 0.717) is 0 Å². The van der Waals surface area contributed by atoms with Crippen molar-refractivity contribution in [2.24, 2.45) is 0 Å². The van der Waals surface area contributed by atoms with Crippen LogP contribution < -0.4 is 0 Å². The molecule has 0 fully saturated rings. The van der Waals surface area contributed by atoms with Gasteiger partial charge >= 0.3 is 7.60 Å². The molecule has 0 aromatic rings. The first kappa shape index (κ1) is 11.2. The highest BCUT2D eigenvalue weighted by Crippen LogP contribution is 2.48. The SMILES string of the molecule is CCS/C=C/P(=O)(OC)OC. The molecule has 0 unspecified atom stereocenters. The molecule has 0 aromatic heterocycles. The van der Waals surface area contributed by atoms with Gasteiger partial charge in [-0.2, -0.15) is 0 Å². The second-order valence-electron chi connectivity index (χ2n) is 1.65. The van der Waals surface area contributed by atoms with E-state index in [0.717, 1.165) is 5.75 Å². The van der Waals surface area contributed by atoms with Crippen LogP contribution in [0.5, 0.6) is 0 Å². The lowest BCUT2D eigenvalue weighted by molar-refractivity contribution is 0.286. The first-order chi connectivity index (χ1) is 5.18. The fourth-order valence-electron chi connectivity index (χ4n) is 0.410. The molecular weight excluding hydrogens is 183 g/mol. The molecule has 0 saturated carbocycles. The number of hydrogen-bond acceptors (Lipinski definition) is 4. The molecule has 0 atom stereocenters. The fourth-order valence-corrected chi connectivity index (χ4v) is 1.94. The zero-order chi connectivity index (χ0) is 8.74. The summed E-state index contributed by atoms with van der Waals surface area (Å²) in [6.07, 6.45) is 0. The molecule has 0 aromatic carbocycles. The van der Waals surface area contributed by atoms with Crippen LogP contribution in [0.3, 0.4) is 0 Å². The van der Waals surface area contributed by atoms with E-state index < -0.39 is 7.60 Å². The molecule has 11 heavy (non-hydrogen) atoms. The van der Waals surface area contributed by atoms with E-state index in [1.165, 1.54) is 20.0 Å². The smallest absolute Gasteiger partial charge is 0.309 e. The summed E-state index contributed by atoms with van der Waals surface area (Å²) in [6, 6.07) is 0. The Morgan fingerprint density at radius 2 is 2.00 bits per heavy atom. The highest BCUT2D eigenvalue weighted by molar-refractivity contribution is 8.02. The van der Waals surface area contributed by atoms with Gasteiger partial charge in [0.1, 0.15) is 0 Å². The molecule has 5 heteroatoms. The van der Waals surface area contributed by atoms with Crippen molar-refractivity contribution in [3.63, 3.8) is 0 Å². The summed E-state index contributed by atoms with van der Waals surface area (Å²) < 4.78 is 20.6. The van der Waals surface area contributed by atoms with Crippen molar-refractivity contribution < 1.29 is 13.6 Å². The molecule has 0 heterocycles. The minimum absolute atomic E-state index is 0.948. The van der Waals surface area contributed by atoms with Gasteiger partial charge < -0.3 is 9.05 Å². The molecule has 0 aliphatic carbocycles. The van der Waals surface area contributed by atoms with Crippen LogP contribution in [0.15, 0.2) is 11.2 Å². The van der Waals surface area contributed by atoms with E-state index in [-0.39, 0.29) is 0 Å². The van der Waals surface area contributed by atoms with Crippen LogP contribution in [0.25, 0.3) is 0 Å². The first-order valence-corrected chi connectivity index (χ1v) is 5.85. The summed E-state index contributed by atoms with van der Waals surface area (Å²) in [4.78, 5) is 0. The summed E-state index contributed by atoms with van der Waals surface area (Å²) >= 11 is 1.55. The second-order valence-corrected chi connectivity index (χ2v) is 4.94. The van der Waals surface area contributed by atoms with Crippen molar-refractivity contribution in [3.05, 3.63) is 11.2 Å². The van der Waals surface area contributed by atoms with Crippen LogP contribution in [0, 0.1) is 0 Å². The molecule has 0 amide bonds. The molecule has 3 nitrogen and oxygen atoms in total. The molecular formula is C6H13O3PS. The quantitative estimate of drug-likeness (QED) is 0.633. The zero-order valence-corrected chi connectivity index (χ0v) is 8.65. The van der Waals surface area contributed by atoms with Gasteiger partial charge in [-0.25, -0.2) is 0 Å². The van der Waals surface area contributed by atoms with Crippen molar-refractivity contribution in [3.8, 4) is 0 Å². The standard InChI is InChI=1S/C6H13O3PS/c1-4-11-6-5-10(7,8-2)9-3/h5-6H,4H2,1-3H3/b6-5+. The largest absolute Gasteiger partial charge is 0.354 e. The van der Waals surface area contributed by atoms with Crippen molar-refractivity contribution >= 4 is 19.4 Å². The van der Waals surface area contributed by atoms with Gasteiger partial charge in [0.2, 0.25) is 0 Å². The maximum Gasteiger partial charge on any atom is 0.354 e. The molecule has 0 spiro atoms. The Morgan fingerprint density at radius 1 is 1.45 bits per heavy atom. The van der Waals surface area contributed by atoms with E-state index in [1.807, 2.05) is 6.92 Å². The number of thioether (sulfide) groups is 1. The van der Waals surface area contributed by atoms with E-state index in [9.17, 15) is 4.57 Å². The van der Waals surface area contributed by atoms with E-state index in [4.69, 9.17) is 0 Å². The van der Waals surface area contributed by atoms with Gasteiger partial charge in [0.25, 0.3) is 0 Å². The Labute approximate surface area is 71.7 Å². The normalized spacial score (nSPS) is 12.6. The Bertz CT molecular complexity index is 161. The predicted molar refractivity (Wildman–Crippen MR) is 48.9 cm³/mol. The first-order valence-electron chi connectivity index (χ1n) is 3.19. The molecule has 0 N–H and O–H groups in total. The minimum atomic E-state index is -2.91. The molecule has 0 rings (SSSR count). The van der Waals surface area contributed by atoms with Crippen molar-refractivity contribution in [2.75, 3.05) is 20.0 Å². The van der Waals surface area contributed by atoms with E-state index in [1.54, 1.807) is 17.2 Å². The summed E-state index contributed by atoms with van der Waals surface area (Å²) in [5, 5.41) is 1.73. The van der Waals surface area contributed by atoms with Crippen LogP contribution >= 0.6 is 19.4 Å². The Hall–Kier alpha value is 0.240. The minimum Gasteiger partial charge on any atom is -0.309 e. The Kier molecular flexibility index (Phi) is 5.96. The van der Waals surface area contributed by atoms with Gasteiger partial charge in [0.15, 0.2) is 0 Å². The molecule has 0 radical (unpaired) electrons. The van der Waals surface area contributed by atoms with Gasteiger partial charge in [0.05, 0.1) is 0 Å². The predicted octanol–water partition coefficient (Wildman–Crippen LogP) is 2.70. The number of rotatable bonds is 5. The summed E-state index contributed by atoms with van der Waals surface area (Å²) in [5.74, 6) is 2.41. The van der Waals surface area contributed by atoms with Gasteiger partial charge in [-0.15, -0.1) is 11.8 Å². The third-order valence-corrected chi connectivity index (χ3v) is 3.41. The molecule has 0 aliphatic rings. The van der Waals surface area contributed by atoms with Crippen LogP contribution in [-0.2, 0) is 13.6 Å². The van der Waals surface area contributed by atoms with E-state index in [2.05, 4.69) is 9.05 Å². The van der Waals surface area contributed by atoms with Gasteiger partial charge in [0, 0.05) is 20.0 Å². The van der Waals surface area contributed by atoms with Gasteiger partial charge in [-0.3, -0.25) is 4.57 Å². The number of hydrogen-bond donors (Lipinski definition) is 0. The summed E-state index contributed by atoms with van der Waals surface area (Å²) in [5.41, 5.74) is 0. The molecule has 66 valence electrons. The highest BCUT2D eigenvalue weighted by Gasteiger charge is 2.14. The molecule has 0 aliphatic heterocycles. The van der Waals surface area contributed by atoms with Crippen LogP contribution in [0.2, 0.25) is 0 Å². The average molecular weight is 196 g/mol. The third-order valence-electron chi connectivity index (χ3n) is 1.02. The summed E-state index contributed by atoms with van der Waals surface area (Å²) in [6.45, 7) is 2.01. The van der Waals surface area contributed by atoms with Crippen LogP contribution in [-0.4, -0.2) is 20.0 Å².